The molecule has 21 heavy (non-hydrogen) atoms. The molecule has 6 nitrogen and oxygen atoms in total. The van der Waals surface area contributed by atoms with Gasteiger partial charge in [-0.2, -0.15) is 5.10 Å². The molecule has 0 aliphatic carbocycles. The van der Waals surface area contributed by atoms with Gasteiger partial charge in [0, 0.05) is 12.5 Å². The molecule has 2 heterocycles. The molecule has 1 aromatic heterocycles. The van der Waals surface area contributed by atoms with E-state index in [1.807, 2.05) is 19.1 Å². The van der Waals surface area contributed by atoms with E-state index in [2.05, 4.69) is 11.2 Å². The van der Waals surface area contributed by atoms with Gasteiger partial charge in [-0.25, -0.2) is 9.48 Å². The Morgan fingerprint density at radius 1 is 1.43 bits per heavy atom. The SMILES string of the molecule is Cc1ccc2c(c1)CC(Cn1nc(C(=O)O)ccc1=O)O2. The minimum Gasteiger partial charge on any atom is -0.488 e. The molecule has 1 atom stereocenters. The molecule has 1 unspecified atom stereocenters. The van der Waals surface area contributed by atoms with Crippen molar-refractivity contribution in [3.8, 4) is 5.75 Å². The number of benzene rings is 1. The van der Waals surface area contributed by atoms with Crippen LogP contribution in [0.25, 0.3) is 0 Å². The van der Waals surface area contributed by atoms with Crippen LogP contribution < -0.4 is 10.3 Å². The lowest BCUT2D eigenvalue weighted by Gasteiger charge is -2.11. The number of rotatable bonds is 3. The first-order chi connectivity index (χ1) is 10.0. The van der Waals surface area contributed by atoms with Crippen LogP contribution >= 0.6 is 0 Å². The summed E-state index contributed by atoms with van der Waals surface area (Å²) in [6, 6.07) is 8.35. The quantitative estimate of drug-likeness (QED) is 0.918. The number of carboxylic acids is 1. The van der Waals surface area contributed by atoms with Gasteiger partial charge in [-0.05, 0) is 24.6 Å². The molecule has 3 rings (SSSR count). The Kier molecular flexibility index (Phi) is 3.21. The molecule has 1 aromatic carbocycles. The van der Waals surface area contributed by atoms with Gasteiger partial charge in [0.25, 0.3) is 5.56 Å². The number of hydrogen-bond acceptors (Lipinski definition) is 4. The molecule has 108 valence electrons. The molecule has 1 aliphatic rings. The Morgan fingerprint density at radius 2 is 2.24 bits per heavy atom. The predicted molar refractivity (Wildman–Crippen MR) is 74.8 cm³/mol. The van der Waals surface area contributed by atoms with Crippen LogP contribution in [0.5, 0.6) is 5.75 Å². The van der Waals surface area contributed by atoms with E-state index >= 15 is 0 Å². The fourth-order valence-electron chi connectivity index (χ4n) is 2.44. The van der Waals surface area contributed by atoms with Crippen molar-refractivity contribution < 1.29 is 14.6 Å². The lowest BCUT2D eigenvalue weighted by molar-refractivity contribution is 0.0686. The minimum atomic E-state index is -1.16. The second-order valence-electron chi connectivity index (χ2n) is 5.10. The van der Waals surface area contributed by atoms with Crippen LogP contribution in [0.2, 0.25) is 0 Å². The standard InChI is InChI=1S/C15H14N2O4/c1-9-2-4-13-10(6-9)7-11(21-13)8-17-14(18)5-3-12(16-17)15(19)20/h2-6,11H,7-8H2,1H3,(H,19,20). The normalized spacial score (nSPS) is 16.3. The van der Waals surface area contributed by atoms with Crippen molar-refractivity contribution in [1.29, 1.82) is 0 Å². The summed E-state index contributed by atoms with van der Waals surface area (Å²) < 4.78 is 6.92. The number of nitrogens with zero attached hydrogens (tertiary/aromatic N) is 2. The molecular weight excluding hydrogens is 272 g/mol. The van der Waals surface area contributed by atoms with Crippen molar-refractivity contribution in [2.24, 2.45) is 0 Å². The van der Waals surface area contributed by atoms with E-state index in [9.17, 15) is 9.59 Å². The van der Waals surface area contributed by atoms with Gasteiger partial charge >= 0.3 is 5.97 Å². The fourth-order valence-corrected chi connectivity index (χ4v) is 2.44. The van der Waals surface area contributed by atoms with Gasteiger partial charge < -0.3 is 9.84 Å². The second-order valence-corrected chi connectivity index (χ2v) is 5.10. The topological polar surface area (TPSA) is 81.4 Å². The summed E-state index contributed by atoms with van der Waals surface area (Å²) in [5, 5.41) is 12.8. The van der Waals surface area contributed by atoms with E-state index in [1.165, 1.54) is 12.1 Å². The summed E-state index contributed by atoms with van der Waals surface area (Å²) in [5.41, 5.74) is 1.76. The number of ether oxygens (including phenoxy) is 1. The molecular formula is C15H14N2O4. The summed E-state index contributed by atoms with van der Waals surface area (Å²) in [4.78, 5) is 22.7. The van der Waals surface area contributed by atoms with Crippen molar-refractivity contribution >= 4 is 5.97 Å². The number of carboxylic acid groups (broad SMARTS) is 1. The Bertz CT molecular complexity index is 767. The van der Waals surface area contributed by atoms with Crippen LogP contribution in [-0.4, -0.2) is 27.0 Å². The Balaban J connectivity index is 1.81. The monoisotopic (exact) mass is 286 g/mol. The largest absolute Gasteiger partial charge is 0.488 e. The van der Waals surface area contributed by atoms with E-state index in [1.54, 1.807) is 0 Å². The molecule has 0 spiro atoms. The number of hydrogen-bond donors (Lipinski definition) is 1. The van der Waals surface area contributed by atoms with E-state index in [-0.39, 0.29) is 23.9 Å². The van der Waals surface area contributed by atoms with E-state index in [0.717, 1.165) is 21.6 Å². The maximum absolute atomic E-state index is 11.8. The zero-order valence-corrected chi connectivity index (χ0v) is 11.4. The summed E-state index contributed by atoms with van der Waals surface area (Å²) in [7, 11) is 0. The highest BCUT2D eigenvalue weighted by atomic mass is 16.5. The molecule has 0 saturated carbocycles. The molecule has 0 bridgehead atoms. The van der Waals surface area contributed by atoms with Gasteiger partial charge in [0.05, 0.1) is 6.54 Å². The molecule has 0 saturated heterocycles. The van der Waals surface area contributed by atoms with Gasteiger partial charge in [0.2, 0.25) is 0 Å². The first-order valence-electron chi connectivity index (χ1n) is 6.60. The van der Waals surface area contributed by atoms with Crippen LogP contribution in [0.15, 0.2) is 35.1 Å². The molecule has 1 aliphatic heterocycles. The van der Waals surface area contributed by atoms with E-state index in [0.29, 0.717) is 6.42 Å². The zero-order chi connectivity index (χ0) is 15.0. The van der Waals surface area contributed by atoms with E-state index in [4.69, 9.17) is 9.84 Å². The average molecular weight is 286 g/mol. The van der Waals surface area contributed by atoms with Crippen LogP contribution in [0, 0.1) is 6.92 Å². The lowest BCUT2D eigenvalue weighted by atomic mass is 10.1. The third kappa shape index (κ3) is 2.65. The molecule has 0 radical (unpaired) electrons. The third-order valence-corrected chi connectivity index (χ3v) is 3.42. The number of carbonyl (C=O) groups is 1. The van der Waals surface area contributed by atoms with Crippen LogP contribution in [-0.2, 0) is 13.0 Å². The van der Waals surface area contributed by atoms with Crippen molar-refractivity contribution in [2.45, 2.75) is 26.0 Å². The van der Waals surface area contributed by atoms with Gasteiger partial charge in [0.15, 0.2) is 5.69 Å². The molecule has 1 N–H and O–H groups in total. The fraction of sp³-hybridized carbons (Fsp3) is 0.267. The van der Waals surface area contributed by atoms with Crippen LogP contribution in [0.3, 0.4) is 0 Å². The highest BCUT2D eigenvalue weighted by molar-refractivity contribution is 5.84. The third-order valence-electron chi connectivity index (χ3n) is 3.42. The Labute approximate surface area is 120 Å². The number of aromatic carboxylic acids is 1. The minimum absolute atomic E-state index is 0.152. The van der Waals surface area contributed by atoms with E-state index < -0.39 is 5.97 Å². The van der Waals surface area contributed by atoms with Crippen molar-refractivity contribution in [3.05, 3.63) is 57.5 Å². The van der Waals surface area contributed by atoms with Crippen molar-refractivity contribution in [2.75, 3.05) is 0 Å². The van der Waals surface area contributed by atoms with Gasteiger partial charge in [-0.1, -0.05) is 17.7 Å². The Hall–Kier alpha value is -2.63. The maximum Gasteiger partial charge on any atom is 0.356 e. The van der Waals surface area contributed by atoms with Gasteiger partial charge in [-0.15, -0.1) is 0 Å². The average Bonchev–Trinajstić information content (AvgIpc) is 2.82. The predicted octanol–water partition coefficient (Wildman–Crippen LogP) is 1.25. The first-order valence-corrected chi connectivity index (χ1v) is 6.60. The number of aryl methyl sites for hydroxylation is 1. The summed E-state index contributed by atoms with van der Waals surface area (Å²) >= 11 is 0. The zero-order valence-electron chi connectivity index (χ0n) is 11.4. The van der Waals surface area contributed by atoms with Gasteiger partial charge in [-0.3, -0.25) is 4.79 Å². The highest BCUT2D eigenvalue weighted by Gasteiger charge is 2.24. The van der Waals surface area contributed by atoms with Crippen LogP contribution in [0.4, 0.5) is 0 Å². The summed E-state index contributed by atoms with van der Waals surface area (Å²) in [6.45, 7) is 2.24. The van der Waals surface area contributed by atoms with Crippen molar-refractivity contribution in [3.63, 3.8) is 0 Å². The molecule has 6 heteroatoms. The maximum atomic E-state index is 11.8. The summed E-state index contributed by atoms with van der Waals surface area (Å²) in [5.74, 6) is -0.344. The molecule has 0 fully saturated rings. The second kappa shape index (κ2) is 5.05. The smallest absolute Gasteiger partial charge is 0.356 e. The number of fused-ring (bicyclic) bond motifs is 1. The van der Waals surface area contributed by atoms with Crippen molar-refractivity contribution in [1.82, 2.24) is 9.78 Å². The number of aromatic nitrogens is 2. The lowest BCUT2D eigenvalue weighted by Crippen LogP contribution is -2.31. The first kappa shape index (κ1) is 13.4. The molecule has 2 aromatic rings. The Morgan fingerprint density at radius 3 is 3.00 bits per heavy atom. The van der Waals surface area contributed by atoms with Crippen LogP contribution in [0.1, 0.15) is 21.6 Å². The molecule has 0 amide bonds. The summed E-state index contributed by atoms with van der Waals surface area (Å²) in [6.07, 6.45) is 0.471. The van der Waals surface area contributed by atoms with Gasteiger partial charge in [0.1, 0.15) is 11.9 Å². The highest BCUT2D eigenvalue weighted by Crippen LogP contribution is 2.29.